The summed E-state index contributed by atoms with van der Waals surface area (Å²) >= 11 is 5.72. The van der Waals surface area contributed by atoms with Crippen LogP contribution in [0, 0.1) is 5.82 Å². The van der Waals surface area contributed by atoms with Gasteiger partial charge in [-0.1, -0.05) is 11.6 Å². The van der Waals surface area contributed by atoms with Gasteiger partial charge in [0.25, 0.3) is 5.91 Å². The number of aromatic hydroxyl groups is 1. The van der Waals surface area contributed by atoms with E-state index in [-0.39, 0.29) is 16.5 Å². The van der Waals surface area contributed by atoms with E-state index in [1.165, 1.54) is 36.5 Å². The molecular formula is C18H12ClFN2O5. The SMILES string of the molecule is O=C(O)CNC(=O)c1ncc2cc(Oc3ccc(F)c(Cl)c3)ccc2c1O. The molecule has 0 aliphatic carbocycles. The molecule has 3 rings (SSSR count). The molecule has 0 aliphatic rings. The molecular weight excluding hydrogens is 379 g/mol. The van der Waals surface area contributed by atoms with Crippen molar-refractivity contribution in [3.63, 3.8) is 0 Å². The summed E-state index contributed by atoms with van der Waals surface area (Å²) in [7, 11) is 0. The number of ether oxygens (including phenoxy) is 1. The van der Waals surface area contributed by atoms with E-state index >= 15 is 0 Å². The fraction of sp³-hybridized carbons (Fsp3) is 0.0556. The molecule has 2 aromatic carbocycles. The van der Waals surface area contributed by atoms with Gasteiger partial charge in [0.1, 0.15) is 23.9 Å². The molecule has 0 spiro atoms. The Balaban J connectivity index is 1.88. The fourth-order valence-electron chi connectivity index (χ4n) is 2.33. The van der Waals surface area contributed by atoms with Gasteiger partial charge in [-0.05, 0) is 30.3 Å². The quantitative estimate of drug-likeness (QED) is 0.616. The number of fused-ring (bicyclic) bond motifs is 1. The summed E-state index contributed by atoms with van der Waals surface area (Å²) in [5.74, 6) is -2.27. The summed E-state index contributed by atoms with van der Waals surface area (Å²) in [5.41, 5.74) is -0.289. The predicted octanol–water partition coefficient (Wildman–Crippen LogP) is 3.34. The lowest BCUT2D eigenvalue weighted by molar-refractivity contribution is -0.135. The molecule has 0 radical (unpaired) electrons. The number of hydrogen-bond donors (Lipinski definition) is 3. The molecule has 0 unspecified atom stereocenters. The van der Waals surface area contributed by atoms with Crippen molar-refractivity contribution < 1.29 is 28.9 Å². The van der Waals surface area contributed by atoms with Crippen molar-refractivity contribution in [2.45, 2.75) is 0 Å². The van der Waals surface area contributed by atoms with Gasteiger partial charge >= 0.3 is 5.97 Å². The Bertz CT molecular complexity index is 1060. The number of nitrogens with zero attached hydrogens (tertiary/aromatic N) is 1. The third kappa shape index (κ3) is 4.06. The summed E-state index contributed by atoms with van der Waals surface area (Å²) in [6.07, 6.45) is 1.34. The molecule has 9 heteroatoms. The van der Waals surface area contributed by atoms with Crippen LogP contribution in [0.4, 0.5) is 4.39 Å². The van der Waals surface area contributed by atoms with E-state index in [1.54, 1.807) is 6.07 Å². The van der Waals surface area contributed by atoms with Gasteiger partial charge in [0.2, 0.25) is 0 Å². The number of pyridine rings is 1. The van der Waals surface area contributed by atoms with Crippen LogP contribution in [0.1, 0.15) is 10.5 Å². The third-order valence-corrected chi connectivity index (χ3v) is 3.87. The summed E-state index contributed by atoms with van der Waals surface area (Å²) < 4.78 is 18.8. The molecule has 7 nitrogen and oxygen atoms in total. The second-order valence-electron chi connectivity index (χ2n) is 5.46. The lowest BCUT2D eigenvalue weighted by Crippen LogP contribution is -2.29. The number of rotatable bonds is 5. The van der Waals surface area contributed by atoms with Crippen molar-refractivity contribution >= 4 is 34.2 Å². The lowest BCUT2D eigenvalue weighted by Gasteiger charge is -2.10. The van der Waals surface area contributed by atoms with E-state index in [9.17, 15) is 19.1 Å². The van der Waals surface area contributed by atoms with E-state index in [0.29, 0.717) is 22.3 Å². The molecule has 1 aromatic heterocycles. The second-order valence-corrected chi connectivity index (χ2v) is 5.87. The average Bonchev–Trinajstić information content (AvgIpc) is 2.63. The van der Waals surface area contributed by atoms with E-state index in [2.05, 4.69) is 10.3 Å². The van der Waals surface area contributed by atoms with Crippen molar-refractivity contribution in [2.75, 3.05) is 6.54 Å². The van der Waals surface area contributed by atoms with Crippen LogP contribution < -0.4 is 10.1 Å². The molecule has 0 fully saturated rings. The molecule has 0 saturated carbocycles. The normalized spacial score (nSPS) is 10.6. The highest BCUT2D eigenvalue weighted by atomic mass is 35.5. The van der Waals surface area contributed by atoms with Crippen LogP contribution in [-0.2, 0) is 4.79 Å². The average molecular weight is 391 g/mol. The predicted molar refractivity (Wildman–Crippen MR) is 94.9 cm³/mol. The number of hydrogen-bond acceptors (Lipinski definition) is 5. The topological polar surface area (TPSA) is 109 Å². The zero-order valence-electron chi connectivity index (χ0n) is 13.6. The number of amides is 1. The van der Waals surface area contributed by atoms with Gasteiger partial charge in [-0.15, -0.1) is 0 Å². The Morgan fingerprint density at radius 3 is 2.59 bits per heavy atom. The van der Waals surface area contributed by atoms with E-state index < -0.39 is 24.2 Å². The van der Waals surface area contributed by atoms with Gasteiger partial charge in [0, 0.05) is 23.0 Å². The van der Waals surface area contributed by atoms with Crippen molar-refractivity contribution in [3.8, 4) is 17.2 Å². The number of carbonyl (C=O) groups is 2. The monoisotopic (exact) mass is 390 g/mol. The first kappa shape index (κ1) is 18.4. The molecule has 1 amide bonds. The van der Waals surface area contributed by atoms with E-state index in [1.807, 2.05) is 0 Å². The molecule has 0 aliphatic heterocycles. The van der Waals surface area contributed by atoms with Gasteiger partial charge < -0.3 is 20.3 Å². The number of carboxylic acids is 1. The number of benzene rings is 2. The largest absolute Gasteiger partial charge is 0.505 e. The molecule has 0 bridgehead atoms. The molecule has 27 heavy (non-hydrogen) atoms. The molecule has 138 valence electrons. The molecule has 0 saturated heterocycles. The molecule has 3 aromatic rings. The molecule has 3 N–H and O–H groups in total. The van der Waals surface area contributed by atoms with Gasteiger partial charge in [0.05, 0.1) is 5.02 Å². The zero-order chi connectivity index (χ0) is 19.6. The minimum absolute atomic E-state index is 0.0791. The molecule has 0 atom stereocenters. The zero-order valence-corrected chi connectivity index (χ0v) is 14.3. The van der Waals surface area contributed by atoms with Gasteiger partial charge in [-0.2, -0.15) is 0 Å². The maximum atomic E-state index is 13.2. The summed E-state index contributed by atoms with van der Waals surface area (Å²) in [5, 5.41) is 21.7. The van der Waals surface area contributed by atoms with E-state index in [4.69, 9.17) is 21.4 Å². The summed E-state index contributed by atoms with van der Waals surface area (Å²) in [4.78, 5) is 26.3. The molecule has 1 heterocycles. The Morgan fingerprint density at radius 1 is 1.19 bits per heavy atom. The fourth-order valence-corrected chi connectivity index (χ4v) is 2.50. The van der Waals surface area contributed by atoms with Crippen LogP contribution in [-0.4, -0.2) is 33.6 Å². The van der Waals surface area contributed by atoms with Crippen molar-refractivity contribution in [2.24, 2.45) is 0 Å². The van der Waals surface area contributed by atoms with Crippen molar-refractivity contribution in [3.05, 3.63) is 59.1 Å². The maximum Gasteiger partial charge on any atom is 0.322 e. The first-order valence-electron chi connectivity index (χ1n) is 7.60. The number of nitrogens with one attached hydrogen (secondary N) is 1. The first-order valence-corrected chi connectivity index (χ1v) is 7.97. The maximum absolute atomic E-state index is 13.2. The van der Waals surface area contributed by atoms with Crippen LogP contribution in [0.3, 0.4) is 0 Å². The van der Waals surface area contributed by atoms with Gasteiger partial charge in [0.15, 0.2) is 11.4 Å². The van der Waals surface area contributed by atoms with Gasteiger partial charge in [-0.25, -0.2) is 9.37 Å². The minimum Gasteiger partial charge on any atom is -0.505 e. The van der Waals surface area contributed by atoms with Crippen LogP contribution in [0.25, 0.3) is 10.8 Å². The van der Waals surface area contributed by atoms with E-state index in [0.717, 1.165) is 0 Å². The Morgan fingerprint density at radius 2 is 1.89 bits per heavy atom. The first-order chi connectivity index (χ1) is 12.8. The van der Waals surface area contributed by atoms with Crippen LogP contribution >= 0.6 is 11.6 Å². The van der Waals surface area contributed by atoms with Gasteiger partial charge in [-0.3, -0.25) is 9.59 Å². The highest BCUT2D eigenvalue weighted by molar-refractivity contribution is 6.30. The van der Waals surface area contributed by atoms with Crippen molar-refractivity contribution in [1.29, 1.82) is 0 Å². The third-order valence-electron chi connectivity index (χ3n) is 3.58. The van der Waals surface area contributed by atoms with Crippen LogP contribution in [0.5, 0.6) is 17.2 Å². The Kier molecular flexibility index (Phi) is 5.09. The number of halogens is 2. The number of aromatic nitrogens is 1. The highest BCUT2D eigenvalue weighted by Gasteiger charge is 2.17. The highest BCUT2D eigenvalue weighted by Crippen LogP contribution is 2.32. The van der Waals surface area contributed by atoms with Crippen LogP contribution in [0.15, 0.2) is 42.6 Å². The number of carbonyl (C=O) groups excluding carboxylic acids is 1. The lowest BCUT2D eigenvalue weighted by atomic mass is 10.1. The smallest absolute Gasteiger partial charge is 0.322 e. The summed E-state index contributed by atoms with van der Waals surface area (Å²) in [6.45, 7) is -0.592. The van der Waals surface area contributed by atoms with Crippen LogP contribution in [0.2, 0.25) is 5.02 Å². The second kappa shape index (κ2) is 7.46. The Labute approximate surface area is 157 Å². The summed E-state index contributed by atoms with van der Waals surface area (Å²) in [6, 6.07) is 8.54. The van der Waals surface area contributed by atoms with Crippen molar-refractivity contribution in [1.82, 2.24) is 10.3 Å². The number of carboxylic acid groups (broad SMARTS) is 1. The number of aliphatic carboxylic acids is 1. The minimum atomic E-state index is -1.22. The Hall–Kier alpha value is -3.39. The standard InChI is InChI=1S/C18H12ClFN2O5/c19-13-6-11(2-4-14(13)20)27-10-1-3-12-9(5-10)7-21-16(17(12)25)18(26)22-8-15(23)24/h1-7,25H,8H2,(H,22,26)(H,23,24).